The van der Waals surface area contributed by atoms with Crippen LogP contribution in [0.1, 0.15) is 40.3 Å². The van der Waals surface area contributed by atoms with Crippen LogP contribution < -0.4 is 5.32 Å². The SMILES string of the molecule is Cc1cc(C)n(C(C)CNC(=O)C2CN(C(=O)c3ccccc3CN3CCOCC3)C2)n1. The van der Waals surface area contributed by atoms with Gasteiger partial charge in [-0.05, 0) is 38.5 Å². The van der Waals surface area contributed by atoms with Crippen molar-refractivity contribution in [3.63, 3.8) is 0 Å². The van der Waals surface area contributed by atoms with Crippen LogP contribution in [0.3, 0.4) is 0 Å². The Morgan fingerprint density at radius 3 is 2.59 bits per heavy atom. The van der Waals surface area contributed by atoms with E-state index in [-0.39, 0.29) is 23.8 Å². The van der Waals surface area contributed by atoms with Crippen LogP contribution in [0, 0.1) is 19.8 Å². The van der Waals surface area contributed by atoms with Crippen LogP contribution in [0.15, 0.2) is 30.3 Å². The van der Waals surface area contributed by atoms with Gasteiger partial charge < -0.3 is 15.0 Å². The number of hydrogen-bond acceptors (Lipinski definition) is 5. The first-order valence-corrected chi connectivity index (χ1v) is 11.4. The molecule has 172 valence electrons. The van der Waals surface area contributed by atoms with Gasteiger partial charge in [0.05, 0.1) is 30.9 Å². The monoisotopic (exact) mass is 439 g/mol. The zero-order valence-electron chi connectivity index (χ0n) is 19.2. The molecule has 2 amide bonds. The molecular weight excluding hydrogens is 406 g/mol. The lowest BCUT2D eigenvalue weighted by Crippen LogP contribution is -2.56. The van der Waals surface area contributed by atoms with Gasteiger partial charge >= 0.3 is 0 Å². The van der Waals surface area contributed by atoms with Gasteiger partial charge in [0.15, 0.2) is 0 Å². The summed E-state index contributed by atoms with van der Waals surface area (Å²) in [6.07, 6.45) is 0. The number of nitrogens with zero attached hydrogens (tertiary/aromatic N) is 4. The van der Waals surface area contributed by atoms with Crippen LogP contribution in [0.5, 0.6) is 0 Å². The molecule has 0 radical (unpaired) electrons. The molecule has 2 saturated heterocycles. The largest absolute Gasteiger partial charge is 0.379 e. The second-order valence-electron chi connectivity index (χ2n) is 8.92. The first-order valence-electron chi connectivity index (χ1n) is 11.4. The van der Waals surface area contributed by atoms with Crippen molar-refractivity contribution in [1.29, 1.82) is 0 Å². The average molecular weight is 440 g/mol. The number of benzene rings is 1. The van der Waals surface area contributed by atoms with Crippen LogP contribution in [-0.2, 0) is 16.1 Å². The van der Waals surface area contributed by atoms with Crippen LogP contribution in [0.25, 0.3) is 0 Å². The Kier molecular flexibility index (Phi) is 6.91. The number of carbonyl (C=O) groups excluding carboxylic acids is 2. The van der Waals surface area contributed by atoms with E-state index < -0.39 is 0 Å². The summed E-state index contributed by atoms with van der Waals surface area (Å²) in [6.45, 7) is 11.4. The molecule has 2 fully saturated rings. The minimum absolute atomic E-state index is 0.00373. The molecule has 2 aliphatic rings. The van der Waals surface area contributed by atoms with Gasteiger partial charge in [-0.15, -0.1) is 0 Å². The van der Waals surface area contributed by atoms with Crippen molar-refractivity contribution in [2.45, 2.75) is 33.4 Å². The molecule has 3 heterocycles. The normalized spacial score (nSPS) is 18.3. The van der Waals surface area contributed by atoms with Gasteiger partial charge in [0.1, 0.15) is 0 Å². The number of carbonyl (C=O) groups is 2. The minimum Gasteiger partial charge on any atom is -0.379 e. The van der Waals surface area contributed by atoms with E-state index >= 15 is 0 Å². The third kappa shape index (κ3) is 5.02. The molecule has 4 rings (SSSR count). The first kappa shape index (κ1) is 22.5. The summed E-state index contributed by atoms with van der Waals surface area (Å²) in [7, 11) is 0. The van der Waals surface area contributed by atoms with Crippen molar-refractivity contribution in [2.24, 2.45) is 5.92 Å². The second-order valence-corrected chi connectivity index (χ2v) is 8.92. The Hall–Kier alpha value is -2.71. The third-order valence-electron chi connectivity index (χ3n) is 6.32. The maximum Gasteiger partial charge on any atom is 0.254 e. The highest BCUT2D eigenvalue weighted by Crippen LogP contribution is 2.22. The molecule has 2 aliphatic heterocycles. The number of rotatable bonds is 7. The predicted octanol–water partition coefficient (Wildman–Crippen LogP) is 1.78. The Bertz CT molecular complexity index is 960. The fourth-order valence-corrected chi connectivity index (χ4v) is 4.42. The number of likely N-dealkylation sites (tertiary alicyclic amines) is 1. The topological polar surface area (TPSA) is 79.7 Å². The van der Waals surface area contributed by atoms with Crippen LogP contribution in [0.4, 0.5) is 0 Å². The molecule has 0 spiro atoms. The van der Waals surface area contributed by atoms with Crippen molar-refractivity contribution in [1.82, 2.24) is 24.9 Å². The number of morpholine rings is 1. The summed E-state index contributed by atoms with van der Waals surface area (Å²) >= 11 is 0. The lowest BCUT2D eigenvalue weighted by molar-refractivity contribution is -0.129. The molecule has 0 aliphatic carbocycles. The molecule has 1 aromatic heterocycles. The van der Waals surface area contributed by atoms with Crippen LogP contribution in [0.2, 0.25) is 0 Å². The summed E-state index contributed by atoms with van der Waals surface area (Å²) in [6, 6.07) is 9.90. The summed E-state index contributed by atoms with van der Waals surface area (Å²) in [4.78, 5) is 29.8. The number of hydrogen-bond donors (Lipinski definition) is 1. The first-order chi connectivity index (χ1) is 15.4. The predicted molar refractivity (Wildman–Crippen MR) is 121 cm³/mol. The van der Waals surface area contributed by atoms with Gasteiger partial charge in [0.2, 0.25) is 5.91 Å². The van der Waals surface area contributed by atoms with E-state index in [2.05, 4.69) is 15.3 Å². The summed E-state index contributed by atoms with van der Waals surface area (Å²) in [5.74, 6) is -0.143. The summed E-state index contributed by atoms with van der Waals surface area (Å²) < 4.78 is 7.36. The highest BCUT2D eigenvalue weighted by Gasteiger charge is 2.36. The van der Waals surface area contributed by atoms with E-state index in [0.717, 1.165) is 55.4 Å². The summed E-state index contributed by atoms with van der Waals surface area (Å²) in [5.41, 5.74) is 3.82. The molecule has 1 N–H and O–H groups in total. The third-order valence-corrected chi connectivity index (χ3v) is 6.32. The number of amides is 2. The molecule has 8 heteroatoms. The number of nitrogens with one attached hydrogen (secondary N) is 1. The standard InChI is InChI=1S/C24H33N5O3/c1-17-12-18(2)29(26-17)19(3)13-25-23(30)21-15-28(16-21)24(31)22-7-5-4-6-20(22)14-27-8-10-32-11-9-27/h4-7,12,19,21H,8-11,13-16H2,1-3H3,(H,25,30). The van der Waals surface area contributed by atoms with Crippen molar-refractivity contribution >= 4 is 11.8 Å². The van der Waals surface area contributed by atoms with Crippen LogP contribution in [-0.4, -0.2) is 77.3 Å². The lowest BCUT2D eigenvalue weighted by Gasteiger charge is -2.39. The smallest absolute Gasteiger partial charge is 0.254 e. The number of ether oxygens (including phenoxy) is 1. The van der Waals surface area contributed by atoms with E-state index in [1.54, 1.807) is 4.90 Å². The highest BCUT2D eigenvalue weighted by atomic mass is 16.5. The van der Waals surface area contributed by atoms with Crippen LogP contribution >= 0.6 is 0 Å². The Labute approximate surface area is 189 Å². The molecule has 0 saturated carbocycles. The molecule has 0 bridgehead atoms. The molecule has 1 unspecified atom stereocenters. The van der Waals surface area contributed by atoms with Crippen molar-refractivity contribution < 1.29 is 14.3 Å². The molecule has 32 heavy (non-hydrogen) atoms. The van der Waals surface area contributed by atoms with E-state index in [4.69, 9.17) is 4.74 Å². The zero-order chi connectivity index (χ0) is 22.7. The number of aryl methyl sites for hydroxylation is 2. The Balaban J connectivity index is 1.28. The average Bonchev–Trinajstić information content (AvgIpc) is 3.10. The van der Waals surface area contributed by atoms with Crippen molar-refractivity contribution in [2.75, 3.05) is 45.9 Å². The highest BCUT2D eigenvalue weighted by molar-refractivity contribution is 5.97. The van der Waals surface area contributed by atoms with Gasteiger partial charge in [-0.25, -0.2) is 0 Å². The Morgan fingerprint density at radius 2 is 1.91 bits per heavy atom. The molecule has 1 aromatic carbocycles. The van der Waals surface area contributed by atoms with Gasteiger partial charge in [-0.1, -0.05) is 18.2 Å². The fraction of sp³-hybridized carbons (Fsp3) is 0.542. The van der Waals surface area contributed by atoms with E-state index in [1.165, 1.54) is 0 Å². The molecule has 8 nitrogen and oxygen atoms in total. The molecule has 2 aromatic rings. The fourth-order valence-electron chi connectivity index (χ4n) is 4.42. The van der Waals surface area contributed by atoms with Crippen molar-refractivity contribution in [3.8, 4) is 0 Å². The van der Waals surface area contributed by atoms with Gasteiger partial charge in [-0.3, -0.25) is 19.2 Å². The quantitative estimate of drug-likeness (QED) is 0.712. The van der Waals surface area contributed by atoms with Gasteiger partial charge in [0, 0.05) is 50.5 Å². The van der Waals surface area contributed by atoms with Crippen molar-refractivity contribution in [3.05, 3.63) is 52.8 Å². The lowest BCUT2D eigenvalue weighted by atomic mass is 9.96. The van der Waals surface area contributed by atoms with Gasteiger partial charge in [0.25, 0.3) is 5.91 Å². The minimum atomic E-state index is -0.155. The zero-order valence-corrected chi connectivity index (χ0v) is 19.2. The maximum atomic E-state index is 13.1. The molecule has 1 atom stereocenters. The van der Waals surface area contributed by atoms with E-state index in [1.807, 2.05) is 55.8 Å². The molecular formula is C24H33N5O3. The van der Waals surface area contributed by atoms with E-state index in [0.29, 0.717) is 19.6 Å². The summed E-state index contributed by atoms with van der Waals surface area (Å²) in [5, 5.41) is 7.52. The second kappa shape index (κ2) is 9.83. The number of aromatic nitrogens is 2. The van der Waals surface area contributed by atoms with E-state index in [9.17, 15) is 9.59 Å². The maximum absolute atomic E-state index is 13.1. The van der Waals surface area contributed by atoms with Gasteiger partial charge in [-0.2, -0.15) is 5.10 Å². The Morgan fingerprint density at radius 1 is 1.19 bits per heavy atom.